The lowest BCUT2D eigenvalue weighted by atomic mass is 10.1. The van der Waals surface area contributed by atoms with E-state index in [0.717, 1.165) is 5.56 Å². The van der Waals surface area contributed by atoms with Crippen molar-refractivity contribution in [2.75, 3.05) is 0 Å². The highest BCUT2D eigenvalue weighted by atomic mass is 16.5. The number of hydrogen-bond donors (Lipinski definition) is 2. The van der Waals surface area contributed by atoms with Gasteiger partial charge in [0.1, 0.15) is 11.5 Å². The van der Waals surface area contributed by atoms with Crippen molar-refractivity contribution in [3.05, 3.63) is 59.4 Å². The van der Waals surface area contributed by atoms with E-state index in [4.69, 9.17) is 4.52 Å². The van der Waals surface area contributed by atoms with Crippen LogP contribution in [0.1, 0.15) is 17.0 Å². The van der Waals surface area contributed by atoms with Gasteiger partial charge in [0, 0.05) is 6.42 Å². The number of aryl methyl sites for hydroxylation is 1. The molecule has 3 rings (SSSR count). The second-order valence-electron chi connectivity index (χ2n) is 4.88. The molecule has 0 aliphatic rings. The van der Waals surface area contributed by atoms with Crippen LogP contribution in [0.25, 0.3) is 11.5 Å². The maximum atomic E-state index is 9.78. The molecule has 0 aliphatic heterocycles. The van der Waals surface area contributed by atoms with Crippen LogP contribution in [0.3, 0.4) is 0 Å². The zero-order chi connectivity index (χ0) is 14.8. The van der Waals surface area contributed by atoms with Gasteiger partial charge in [-0.2, -0.15) is 4.98 Å². The van der Waals surface area contributed by atoms with Crippen LogP contribution in [0.2, 0.25) is 0 Å². The van der Waals surface area contributed by atoms with E-state index in [2.05, 4.69) is 16.2 Å². The topological polar surface area (TPSA) is 79.4 Å². The van der Waals surface area contributed by atoms with Crippen molar-refractivity contribution in [3.63, 3.8) is 0 Å². The summed E-state index contributed by atoms with van der Waals surface area (Å²) < 4.78 is 5.16. The Morgan fingerprint density at radius 3 is 2.76 bits per heavy atom. The summed E-state index contributed by atoms with van der Waals surface area (Å²) in [6.45, 7) is 2.02. The first kappa shape index (κ1) is 13.2. The van der Waals surface area contributed by atoms with Crippen LogP contribution in [0.5, 0.6) is 11.5 Å². The van der Waals surface area contributed by atoms with E-state index in [1.807, 2.05) is 25.1 Å². The summed E-state index contributed by atoms with van der Waals surface area (Å²) in [7, 11) is 0. The van der Waals surface area contributed by atoms with Crippen LogP contribution in [0.4, 0.5) is 0 Å². The number of nitrogens with zero attached hydrogens (tertiary/aromatic N) is 2. The monoisotopic (exact) mass is 282 g/mol. The molecule has 106 valence electrons. The Bertz CT molecular complexity index is 781. The Labute approximate surface area is 121 Å². The Balaban J connectivity index is 1.88. The molecule has 21 heavy (non-hydrogen) atoms. The Hall–Kier alpha value is -2.82. The molecular weight excluding hydrogens is 268 g/mol. The molecule has 0 fully saturated rings. The second-order valence-corrected chi connectivity index (χ2v) is 4.88. The largest absolute Gasteiger partial charge is 0.508 e. The van der Waals surface area contributed by atoms with Crippen molar-refractivity contribution in [1.82, 2.24) is 10.1 Å². The molecule has 0 saturated carbocycles. The number of aromatic hydroxyl groups is 2. The molecule has 2 aromatic carbocycles. The molecule has 3 aromatic rings. The van der Waals surface area contributed by atoms with Gasteiger partial charge >= 0.3 is 0 Å². The van der Waals surface area contributed by atoms with Crippen LogP contribution >= 0.6 is 0 Å². The number of aromatic nitrogens is 2. The third kappa shape index (κ3) is 2.86. The molecule has 0 bridgehead atoms. The fourth-order valence-corrected chi connectivity index (χ4v) is 2.14. The minimum atomic E-state index is -0.0152. The molecule has 5 nitrogen and oxygen atoms in total. The van der Waals surface area contributed by atoms with Gasteiger partial charge in [-0.25, -0.2) is 0 Å². The molecule has 0 saturated heterocycles. The summed E-state index contributed by atoms with van der Waals surface area (Å²) in [6.07, 6.45) is 0.546. The molecule has 0 radical (unpaired) electrons. The van der Waals surface area contributed by atoms with Gasteiger partial charge < -0.3 is 14.7 Å². The zero-order valence-corrected chi connectivity index (χ0v) is 11.4. The van der Waals surface area contributed by atoms with Gasteiger partial charge in [0.05, 0.1) is 5.56 Å². The Morgan fingerprint density at radius 2 is 1.95 bits per heavy atom. The maximum Gasteiger partial charge on any atom is 0.261 e. The highest BCUT2D eigenvalue weighted by molar-refractivity contribution is 5.64. The first-order valence-electron chi connectivity index (χ1n) is 6.52. The normalized spacial score (nSPS) is 10.7. The van der Waals surface area contributed by atoms with E-state index < -0.39 is 0 Å². The zero-order valence-electron chi connectivity index (χ0n) is 11.4. The first-order valence-corrected chi connectivity index (χ1v) is 6.52. The molecule has 0 spiro atoms. The van der Waals surface area contributed by atoms with Crippen LogP contribution in [-0.4, -0.2) is 20.4 Å². The van der Waals surface area contributed by atoms with Crippen molar-refractivity contribution in [2.24, 2.45) is 0 Å². The summed E-state index contributed by atoms with van der Waals surface area (Å²) >= 11 is 0. The molecule has 0 amide bonds. The van der Waals surface area contributed by atoms with E-state index in [0.29, 0.717) is 17.8 Å². The standard InChI is InChI=1S/C16H14N2O3/c1-10-3-2-4-11(7-10)8-15-17-16(21-18-15)13-9-12(19)5-6-14(13)20/h2-7,9,19-20H,8H2,1H3. The minimum Gasteiger partial charge on any atom is -0.508 e. The first-order chi connectivity index (χ1) is 10.1. The van der Waals surface area contributed by atoms with Gasteiger partial charge in [-0.05, 0) is 30.7 Å². The lowest BCUT2D eigenvalue weighted by Gasteiger charge is -1.99. The van der Waals surface area contributed by atoms with E-state index >= 15 is 0 Å². The molecule has 1 aromatic heterocycles. The number of benzene rings is 2. The van der Waals surface area contributed by atoms with E-state index in [1.165, 1.54) is 23.8 Å². The summed E-state index contributed by atoms with van der Waals surface area (Å²) in [4.78, 5) is 4.26. The highest BCUT2D eigenvalue weighted by Crippen LogP contribution is 2.31. The van der Waals surface area contributed by atoms with Crippen molar-refractivity contribution in [3.8, 4) is 23.0 Å². The molecule has 0 atom stereocenters. The van der Waals surface area contributed by atoms with Gasteiger partial charge in [0.25, 0.3) is 5.89 Å². The second kappa shape index (κ2) is 5.28. The number of phenols is 2. The van der Waals surface area contributed by atoms with Gasteiger partial charge in [0.15, 0.2) is 5.82 Å². The molecule has 2 N–H and O–H groups in total. The van der Waals surface area contributed by atoms with Gasteiger partial charge in [-0.3, -0.25) is 0 Å². The highest BCUT2D eigenvalue weighted by Gasteiger charge is 2.14. The number of hydrogen-bond acceptors (Lipinski definition) is 5. The van der Waals surface area contributed by atoms with Crippen molar-refractivity contribution in [2.45, 2.75) is 13.3 Å². The fourth-order valence-electron chi connectivity index (χ4n) is 2.14. The molecule has 0 unspecified atom stereocenters. The third-order valence-corrected chi connectivity index (χ3v) is 3.12. The van der Waals surface area contributed by atoms with Crippen LogP contribution in [0, 0.1) is 6.92 Å². The predicted octanol–water partition coefficient (Wildman–Crippen LogP) is 3.05. The summed E-state index contributed by atoms with van der Waals surface area (Å²) in [5, 5.41) is 23.2. The van der Waals surface area contributed by atoms with E-state index in [-0.39, 0.29) is 17.4 Å². The minimum absolute atomic E-state index is 0.0152. The van der Waals surface area contributed by atoms with Gasteiger partial charge in [-0.1, -0.05) is 35.0 Å². The average molecular weight is 282 g/mol. The number of rotatable bonds is 3. The van der Waals surface area contributed by atoms with Crippen LogP contribution in [0.15, 0.2) is 47.0 Å². The van der Waals surface area contributed by atoms with E-state index in [9.17, 15) is 10.2 Å². The van der Waals surface area contributed by atoms with Crippen LogP contribution in [-0.2, 0) is 6.42 Å². The molecule has 5 heteroatoms. The smallest absolute Gasteiger partial charge is 0.261 e. The summed E-state index contributed by atoms with van der Waals surface area (Å²) in [5.41, 5.74) is 2.57. The van der Waals surface area contributed by atoms with Gasteiger partial charge in [0.2, 0.25) is 0 Å². The van der Waals surface area contributed by atoms with Crippen molar-refractivity contribution in [1.29, 1.82) is 0 Å². The van der Waals surface area contributed by atoms with Crippen LogP contribution < -0.4 is 0 Å². The Morgan fingerprint density at radius 1 is 1.10 bits per heavy atom. The van der Waals surface area contributed by atoms with E-state index in [1.54, 1.807) is 0 Å². The summed E-state index contributed by atoms with van der Waals surface area (Å²) in [6, 6.07) is 12.2. The maximum absolute atomic E-state index is 9.78. The van der Waals surface area contributed by atoms with Crippen molar-refractivity contribution < 1.29 is 14.7 Å². The lowest BCUT2D eigenvalue weighted by molar-refractivity contribution is 0.417. The predicted molar refractivity (Wildman–Crippen MR) is 77.0 cm³/mol. The average Bonchev–Trinajstić information content (AvgIpc) is 2.90. The third-order valence-electron chi connectivity index (χ3n) is 3.12. The molecule has 1 heterocycles. The van der Waals surface area contributed by atoms with Gasteiger partial charge in [-0.15, -0.1) is 0 Å². The molecule has 0 aliphatic carbocycles. The van der Waals surface area contributed by atoms with Crippen molar-refractivity contribution >= 4 is 0 Å². The lowest BCUT2D eigenvalue weighted by Crippen LogP contribution is -1.91. The fraction of sp³-hybridized carbons (Fsp3) is 0.125. The SMILES string of the molecule is Cc1cccc(Cc2noc(-c3cc(O)ccc3O)n2)c1. The quantitative estimate of drug-likeness (QED) is 0.722. The Kier molecular flexibility index (Phi) is 3.31. The molecular formula is C16H14N2O3. The number of phenolic OH excluding ortho intramolecular Hbond substituents is 2. The summed E-state index contributed by atoms with van der Waals surface area (Å²) in [5.74, 6) is 0.726.